The number of halogens is 1. The molecule has 1 fully saturated rings. The van der Waals surface area contributed by atoms with Gasteiger partial charge in [-0.05, 0) is 43.8 Å². The Balaban J connectivity index is 2.18. The Morgan fingerprint density at radius 2 is 2.10 bits per heavy atom. The first kappa shape index (κ1) is 15.6. The quantitative estimate of drug-likeness (QED) is 0.901. The van der Waals surface area contributed by atoms with Crippen molar-refractivity contribution in [3.63, 3.8) is 0 Å². The third-order valence-corrected chi connectivity index (χ3v) is 4.43. The molecule has 1 saturated heterocycles. The summed E-state index contributed by atoms with van der Waals surface area (Å²) in [7, 11) is 2.23. The van der Waals surface area contributed by atoms with Gasteiger partial charge in [-0.25, -0.2) is 0 Å². The van der Waals surface area contributed by atoms with Gasteiger partial charge in [-0.2, -0.15) is 0 Å². The van der Waals surface area contributed by atoms with Gasteiger partial charge in [0.1, 0.15) is 0 Å². The zero-order chi connectivity index (χ0) is 14.5. The molecule has 1 atom stereocenters. The third-order valence-electron chi connectivity index (χ3n) is 4.20. The molecule has 2 rings (SSSR count). The minimum absolute atomic E-state index is 0.645. The Morgan fingerprint density at radius 1 is 1.30 bits per heavy atom. The standard InChI is InChI=1S/C16H26ClN3/c1-4-15-12-20(9-8-19(15)3)16-7-6-14(17)10-13(16)11-18-5-2/h6-7,10,15,18H,4-5,8-9,11-12H2,1-3H3. The van der Waals surface area contributed by atoms with Crippen molar-refractivity contribution < 1.29 is 0 Å². The van der Waals surface area contributed by atoms with Crippen LogP contribution in [0.2, 0.25) is 5.02 Å². The van der Waals surface area contributed by atoms with Crippen LogP contribution in [0.3, 0.4) is 0 Å². The van der Waals surface area contributed by atoms with Crippen LogP contribution in [0.4, 0.5) is 5.69 Å². The second-order valence-corrected chi connectivity index (χ2v) is 5.98. The summed E-state index contributed by atoms with van der Waals surface area (Å²) < 4.78 is 0. The molecule has 20 heavy (non-hydrogen) atoms. The van der Waals surface area contributed by atoms with Gasteiger partial charge in [0.2, 0.25) is 0 Å². The fourth-order valence-electron chi connectivity index (χ4n) is 2.87. The summed E-state index contributed by atoms with van der Waals surface area (Å²) in [4.78, 5) is 4.98. The van der Waals surface area contributed by atoms with Crippen LogP contribution in [-0.4, -0.2) is 44.2 Å². The average Bonchev–Trinajstić information content (AvgIpc) is 2.46. The van der Waals surface area contributed by atoms with Gasteiger partial charge >= 0.3 is 0 Å². The lowest BCUT2D eigenvalue weighted by Gasteiger charge is -2.41. The Labute approximate surface area is 127 Å². The van der Waals surface area contributed by atoms with Crippen LogP contribution >= 0.6 is 11.6 Å². The molecule has 4 heteroatoms. The fourth-order valence-corrected chi connectivity index (χ4v) is 3.06. The van der Waals surface area contributed by atoms with Crippen LogP contribution in [0.15, 0.2) is 18.2 Å². The van der Waals surface area contributed by atoms with Crippen LogP contribution in [0.25, 0.3) is 0 Å². The highest BCUT2D eigenvalue weighted by Gasteiger charge is 2.24. The predicted molar refractivity (Wildman–Crippen MR) is 87.8 cm³/mol. The molecular formula is C16H26ClN3. The Hall–Kier alpha value is -0.770. The van der Waals surface area contributed by atoms with Crippen molar-refractivity contribution >= 4 is 17.3 Å². The van der Waals surface area contributed by atoms with E-state index >= 15 is 0 Å². The van der Waals surface area contributed by atoms with Crippen molar-refractivity contribution in [2.24, 2.45) is 0 Å². The molecule has 0 spiro atoms. The molecule has 1 aromatic rings. The first-order chi connectivity index (χ1) is 9.65. The lowest BCUT2D eigenvalue weighted by molar-refractivity contribution is 0.213. The summed E-state index contributed by atoms with van der Waals surface area (Å²) >= 11 is 6.16. The monoisotopic (exact) mass is 295 g/mol. The normalized spacial score (nSPS) is 20.4. The predicted octanol–water partition coefficient (Wildman–Crippen LogP) is 2.98. The number of likely N-dealkylation sites (N-methyl/N-ethyl adjacent to an activating group) is 1. The first-order valence-electron chi connectivity index (χ1n) is 7.60. The molecule has 0 amide bonds. The molecule has 1 N–H and O–H groups in total. The smallest absolute Gasteiger partial charge is 0.0413 e. The highest BCUT2D eigenvalue weighted by atomic mass is 35.5. The highest BCUT2D eigenvalue weighted by Crippen LogP contribution is 2.27. The van der Waals surface area contributed by atoms with Crippen molar-refractivity contribution in [2.45, 2.75) is 32.9 Å². The van der Waals surface area contributed by atoms with Crippen molar-refractivity contribution in [2.75, 3.05) is 38.1 Å². The Bertz CT molecular complexity index is 436. The maximum absolute atomic E-state index is 6.16. The number of benzene rings is 1. The molecular weight excluding hydrogens is 270 g/mol. The van der Waals surface area contributed by atoms with Crippen LogP contribution in [0.5, 0.6) is 0 Å². The van der Waals surface area contributed by atoms with Gasteiger partial charge in [0.25, 0.3) is 0 Å². The van der Waals surface area contributed by atoms with Gasteiger partial charge in [-0.1, -0.05) is 25.4 Å². The van der Waals surface area contributed by atoms with Gasteiger partial charge in [0.05, 0.1) is 0 Å². The van der Waals surface area contributed by atoms with E-state index in [1.807, 2.05) is 6.07 Å². The number of anilines is 1. The van der Waals surface area contributed by atoms with Gasteiger partial charge in [-0.3, -0.25) is 4.90 Å². The van der Waals surface area contributed by atoms with Crippen molar-refractivity contribution in [1.29, 1.82) is 0 Å². The molecule has 3 nitrogen and oxygen atoms in total. The summed E-state index contributed by atoms with van der Waals surface area (Å²) in [6, 6.07) is 6.92. The van der Waals surface area contributed by atoms with E-state index in [1.54, 1.807) is 0 Å². The van der Waals surface area contributed by atoms with Gasteiger partial charge < -0.3 is 10.2 Å². The third kappa shape index (κ3) is 3.66. The lowest BCUT2D eigenvalue weighted by atomic mass is 10.1. The number of piperazine rings is 1. The van der Waals surface area contributed by atoms with E-state index in [-0.39, 0.29) is 0 Å². The van der Waals surface area contributed by atoms with E-state index in [4.69, 9.17) is 11.6 Å². The van der Waals surface area contributed by atoms with Crippen molar-refractivity contribution in [3.8, 4) is 0 Å². The second kappa shape index (κ2) is 7.30. The summed E-state index contributed by atoms with van der Waals surface area (Å²) in [5.41, 5.74) is 2.64. The molecule has 0 saturated carbocycles. The zero-order valence-electron chi connectivity index (χ0n) is 12.8. The van der Waals surface area contributed by atoms with Gasteiger partial charge in [-0.15, -0.1) is 0 Å². The summed E-state index contributed by atoms with van der Waals surface area (Å²) in [6.07, 6.45) is 1.20. The Kier molecular flexibility index (Phi) is 5.70. The van der Waals surface area contributed by atoms with E-state index in [0.29, 0.717) is 6.04 Å². The number of hydrogen-bond acceptors (Lipinski definition) is 3. The van der Waals surface area contributed by atoms with Gasteiger partial charge in [0.15, 0.2) is 0 Å². The Morgan fingerprint density at radius 3 is 2.80 bits per heavy atom. The minimum atomic E-state index is 0.645. The summed E-state index contributed by atoms with van der Waals surface area (Å²) in [5.74, 6) is 0. The molecule has 0 bridgehead atoms. The average molecular weight is 296 g/mol. The highest BCUT2D eigenvalue weighted by molar-refractivity contribution is 6.30. The van der Waals surface area contributed by atoms with Crippen LogP contribution in [-0.2, 0) is 6.54 Å². The zero-order valence-corrected chi connectivity index (χ0v) is 13.6. The van der Waals surface area contributed by atoms with Crippen molar-refractivity contribution in [1.82, 2.24) is 10.2 Å². The number of hydrogen-bond donors (Lipinski definition) is 1. The molecule has 1 heterocycles. The molecule has 0 radical (unpaired) electrons. The SMILES string of the molecule is CCNCc1cc(Cl)ccc1N1CCN(C)C(CC)C1. The largest absolute Gasteiger partial charge is 0.368 e. The lowest BCUT2D eigenvalue weighted by Crippen LogP contribution is -2.51. The number of rotatable bonds is 5. The number of nitrogens with one attached hydrogen (secondary N) is 1. The molecule has 112 valence electrons. The minimum Gasteiger partial charge on any atom is -0.368 e. The van der Waals surface area contributed by atoms with E-state index in [1.165, 1.54) is 17.7 Å². The van der Waals surface area contributed by atoms with Crippen LogP contribution in [0.1, 0.15) is 25.8 Å². The molecule has 0 aromatic heterocycles. The second-order valence-electron chi connectivity index (χ2n) is 5.54. The van der Waals surface area contributed by atoms with E-state index in [9.17, 15) is 0 Å². The maximum Gasteiger partial charge on any atom is 0.0413 e. The number of nitrogens with zero attached hydrogens (tertiary/aromatic N) is 2. The fraction of sp³-hybridized carbons (Fsp3) is 0.625. The van der Waals surface area contributed by atoms with Gasteiger partial charge in [0, 0.05) is 42.9 Å². The topological polar surface area (TPSA) is 18.5 Å². The van der Waals surface area contributed by atoms with E-state index in [2.05, 4.69) is 48.1 Å². The molecule has 0 aliphatic carbocycles. The molecule has 1 aliphatic heterocycles. The maximum atomic E-state index is 6.16. The summed E-state index contributed by atoms with van der Waals surface area (Å²) in [6.45, 7) is 9.59. The molecule has 1 unspecified atom stereocenters. The van der Waals surface area contributed by atoms with Crippen LogP contribution in [0, 0.1) is 0 Å². The molecule has 1 aromatic carbocycles. The van der Waals surface area contributed by atoms with Crippen molar-refractivity contribution in [3.05, 3.63) is 28.8 Å². The van der Waals surface area contributed by atoms with E-state index in [0.717, 1.165) is 37.7 Å². The van der Waals surface area contributed by atoms with Crippen LogP contribution < -0.4 is 10.2 Å². The first-order valence-corrected chi connectivity index (χ1v) is 7.97. The summed E-state index contributed by atoms with van der Waals surface area (Å²) in [5, 5.41) is 4.23. The van der Waals surface area contributed by atoms with E-state index < -0.39 is 0 Å². The molecule has 1 aliphatic rings.